The Labute approximate surface area is 129 Å². The van der Waals surface area contributed by atoms with Gasteiger partial charge >= 0.3 is 0 Å². The number of aromatic nitrogens is 2. The van der Waals surface area contributed by atoms with Crippen molar-refractivity contribution in [1.82, 2.24) is 9.97 Å². The Morgan fingerprint density at radius 1 is 1.15 bits per heavy atom. The molecule has 0 aliphatic heterocycles. The normalized spacial score (nSPS) is 12.1. The second kappa shape index (κ2) is 6.27. The summed E-state index contributed by atoms with van der Waals surface area (Å²) in [5.74, 6) is 0.876. The van der Waals surface area contributed by atoms with Crippen molar-refractivity contribution in [3.05, 3.63) is 16.2 Å². The minimum atomic E-state index is 0.0823. The lowest BCUT2D eigenvalue weighted by atomic mass is 9.90. The summed E-state index contributed by atoms with van der Waals surface area (Å²) in [5.41, 5.74) is 0.0823. The first kappa shape index (κ1) is 15.5. The Bertz CT molecular complexity index is 582. The molecule has 5 heteroatoms. The van der Waals surface area contributed by atoms with Crippen molar-refractivity contribution in [2.24, 2.45) is 0 Å². The molecule has 0 saturated heterocycles. The lowest BCUT2D eigenvalue weighted by Crippen LogP contribution is -2.36. The topological polar surface area (TPSA) is 37.8 Å². The first-order chi connectivity index (χ1) is 9.57. The quantitative estimate of drug-likeness (QED) is 0.737. The van der Waals surface area contributed by atoms with E-state index in [0.717, 1.165) is 41.7 Å². The van der Waals surface area contributed by atoms with E-state index in [1.54, 1.807) is 11.3 Å². The van der Waals surface area contributed by atoms with Gasteiger partial charge in [0, 0.05) is 10.4 Å². The molecule has 0 bridgehead atoms. The van der Waals surface area contributed by atoms with Crippen molar-refractivity contribution in [3.8, 4) is 0 Å². The zero-order chi connectivity index (χ0) is 14.8. The molecule has 0 aliphatic carbocycles. The summed E-state index contributed by atoms with van der Waals surface area (Å²) in [4.78, 5) is 11.1. The fourth-order valence-electron chi connectivity index (χ4n) is 2.48. The minimum absolute atomic E-state index is 0.0823. The predicted octanol–water partition coefficient (Wildman–Crippen LogP) is 5.29. The van der Waals surface area contributed by atoms with Gasteiger partial charge in [-0.2, -0.15) is 0 Å². The lowest BCUT2D eigenvalue weighted by molar-refractivity contribution is 0.419. The van der Waals surface area contributed by atoms with Crippen LogP contribution < -0.4 is 5.32 Å². The van der Waals surface area contributed by atoms with Crippen LogP contribution in [0, 0.1) is 0 Å². The molecule has 0 aromatic carbocycles. The molecule has 2 heterocycles. The SMILES string of the molecule is CCc1cc2c(NC(CC)(CC)CC)nc(Cl)nc2s1. The molecule has 0 saturated carbocycles. The number of rotatable bonds is 6. The summed E-state index contributed by atoms with van der Waals surface area (Å²) in [6.07, 6.45) is 4.20. The van der Waals surface area contributed by atoms with Gasteiger partial charge in [0.1, 0.15) is 10.6 Å². The Kier molecular flexibility index (Phi) is 4.86. The van der Waals surface area contributed by atoms with E-state index in [1.165, 1.54) is 4.88 Å². The van der Waals surface area contributed by atoms with Gasteiger partial charge in [0.15, 0.2) is 0 Å². The number of anilines is 1. The fourth-order valence-corrected chi connectivity index (χ4v) is 3.67. The molecule has 0 fully saturated rings. The molecule has 0 aliphatic rings. The number of thiophene rings is 1. The Hall–Kier alpha value is -0.870. The smallest absolute Gasteiger partial charge is 0.225 e. The van der Waals surface area contributed by atoms with Crippen molar-refractivity contribution >= 4 is 39.0 Å². The second-order valence-electron chi connectivity index (χ2n) is 5.09. The lowest BCUT2D eigenvalue weighted by Gasteiger charge is -2.32. The number of nitrogens with one attached hydrogen (secondary N) is 1. The average Bonchev–Trinajstić information content (AvgIpc) is 2.88. The van der Waals surface area contributed by atoms with Crippen LogP contribution in [-0.4, -0.2) is 15.5 Å². The van der Waals surface area contributed by atoms with Gasteiger partial charge in [-0.1, -0.05) is 27.7 Å². The molecule has 2 rings (SSSR count). The molecule has 0 atom stereocenters. The number of nitrogens with zero attached hydrogens (tertiary/aromatic N) is 2. The summed E-state index contributed by atoms with van der Waals surface area (Å²) in [6, 6.07) is 2.18. The number of hydrogen-bond acceptors (Lipinski definition) is 4. The third kappa shape index (κ3) is 2.91. The van der Waals surface area contributed by atoms with Crippen LogP contribution in [0.15, 0.2) is 6.07 Å². The van der Waals surface area contributed by atoms with Crippen LogP contribution in [0.3, 0.4) is 0 Å². The standard InChI is InChI=1S/C15H22ClN3S/c1-5-10-9-11-12(17-14(16)18-13(11)20-10)19-15(6-2,7-3)8-4/h9H,5-8H2,1-4H3,(H,17,18,19). The van der Waals surface area contributed by atoms with E-state index in [9.17, 15) is 0 Å². The Balaban J connectivity index is 2.49. The maximum absolute atomic E-state index is 6.08. The van der Waals surface area contributed by atoms with Crippen LogP contribution in [0.25, 0.3) is 10.2 Å². The van der Waals surface area contributed by atoms with Gasteiger partial charge in [-0.25, -0.2) is 9.97 Å². The third-order valence-corrected chi connectivity index (χ3v) is 5.52. The molecule has 0 amide bonds. The molecule has 1 N–H and O–H groups in total. The second-order valence-corrected chi connectivity index (χ2v) is 6.55. The van der Waals surface area contributed by atoms with Gasteiger partial charge in [0.2, 0.25) is 5.28 Å². The van der Waals surface area contributed by atoms with Gasteiger partial charge in [-0.15, -0.1) is 11.3 Å². The molecule has 20 heavy (non-hydrogen) atoms. The van der Waals surface area contributed by atoms with E-state index < -0.39 is 0 Å². The number of halogens is 1. The van der Waals surface area contributed by atoms with Crippen LogP contribution in [0.4, 0.5) is 5.82 Å². The molecule has 3 nitrogen and oxygen atoms in total. The van der Waals surface area contributed by atoms with Crippen molar-refractivity contribution in [3.63, 3.8) is 0 Å². The molecular weight excluding hydrogens is 290 g/mol. The van der Waals surface area contributed by atoms with Gasteiger partial charge in [-0.05, 0) is 43.4 Å². The van der Waals surface area contributed by atoms with E-state index in [-0.39, 0.29) is 5.54 Å². The van der Waals surface area contributed by atoms with E-state index >= 15 is 0 Å². The molecule has 2 aromatic heterocycles. The molecular formula is C15H22ClN3S. The van der Waals surface area contributed by atoms with Gasteiger partial charge in [0.25, 0.3) is 0 Å². The zero-order valence-electron chi connectivity index (χ0n) is 12.6. The summed E-state index contributed by atoms with van der Waals surface area (Å²) in [7, 11) is 0. The third-order valence-electron chi connectivity index (χ3n) is 4.18. The molecule has 0 unspecified atom stereocenters. The highest BCUT2D eigenvalue weighted by atomic mass is 35.5. The van der Waals surface area contributed by atoms with Gasteiger partial charge in [0.05, 0.1) is 5.39 Å². The maximum atomic E-state index is 6.08. The highest BCUT2D eigenvalue weighted by Gasteiger charge is 2.25. The molecule has 0 radical (unpaired) electrons. The van der Waals surface area contributed by atoms with Gasteiger partial charge in [-0.3, -0.25) is 0 Å². The van der Waals surface area contributed by atoms with Crippen molar-refractivity contribution in [2.45, 2.75) is 58.9 Å². The van der Waals surface area contributed by atoms with Crippen LogP contribution in [0.1, 0.15) is 51.8 Å². The highest BCUT2D eigenvalue weighted by Crippen LogP contribution is 2.33. The van der Waals surface area contributed by atoms with E-state index in [2.05, 4.69) is 49.0 Å². The molecule has 110 valence electrons. The molecule has 0 spiro atoms. The fraction of sp³-hybridized carbons (Fsp3) is 0.600. The minimum Gasteiger partial charge on any atom is -0.364 e. The summed E-state index contributed by atoms with van der Waals surface area (Å²) in [5, 5.41) is 5.05. The number of aryl methyl sites for hydroxylation is 1. The van der Waals surface area contributed by atoms with Crippen molar-refractivity contribution in [2.75, 3.05) is 5.32 Å². The highest BCUT2D eigenvalue weighted by molar-refractivity contribution is 7.18. The predicted molar refractivity (Wildman–Crippen MR) is 89.0 cm³/mol. The number of fused-ring (bicyclic) bond motifs is 1. The van der Waals surface area contributed by atoms with E-state index in [4.69, 9.17) is 11.6 Å². The monoisotopic (exact) mass is 311 g/mol. The zero-order valence-corrected chi connectivity index (χ0v) is 14.2. The van der Waals surface area contributed by atoms with Crippen molar-refractivity contribution in [1.29, 1.82) is 0 Å². The van der Waals surface area contributed by atoms with E-state index in [1.807, 2.05) is 0 Å². The Morgan fingerprint density at radius 3 is 2.35 bits per heavy atom. The summed E-state index contributed by atoms with van der Waals surface area (Å²) < 4.78 is 0. The molecule has 2 aromatic rings. The van der Waals surface area contributed by atoms with Crippen LogP contribution in [0.5, 0.6) is 0 Å². The first-order valence-corrected chi connectivity index (χ1v) is 8.51. The average molecular weight is 312 g/mol. The number of hydrogen-bond donors (Lipinski definition) is 1. The van der Waals surface area contributed by atoms with E-state index in [0.29, 0.717) is 5.28 Å². The van der Waals surface area contributed by atoms with Crippen LogP contribution in [0.2, 0.25) is 5.28 Å². The van der Waals surface area contributed by atoms with Gasteiger partial charge < -0.3 is 5.32 Å². The van der Waals surface area contributed by atoms with Crippen molar-refractivity contribution < 1.29 is 0 Å². The summed E-state index contributed by atoms with van der Waals surface area (Å²) in [6.45, 7) is 8.79. The first-order valence-electron chi connectivity index (χ1n) is 7.31. The summed E-state index contributed by atoms with van der Waals surface area (Å²) >= 11 is 7.78. The Morgan fingerprint density at radius 2 is 1.80 bits per heavy atom. The largest absolute Gasteiger partial charge is 0.364 e. The van der Waals surface area contributed by atoms with Crippen LogP contribution in [-0.2, 0) is 6.42 Å². The maximum Gasteiger partial charge on any atom is 0.225 e. The van der Waals surface area contributed by atoms with Crippen LogP contribution >= 0.6 is 22.9 Å².